The van der Waals surface area contributed by atoms with Gasteiger partial charge in [-0.1, -0.05) is 17.7 Å². The van der Waals surface area contributed by atoms with E-state index in [9.17, 15) is 14.0 Å². The topological polar surface area (TPSA) is 58.6 Å². The van der Waals surface area contributed by atoms with Crippen molar-refractivity contribution in [1.82, 2.24) is 0 Å². The van der Waals surface area contributed by atoms with Gasteiger partial charge in [0.2, 0.25) is 0 Å². The maximum Gasteiger partial charge on any atom is 0.257 e. The van der Waals surface area contributed by atoms with Crippen molar-refractivity contribution in [3.8, 4) is 0 Å². The Morgan fingerprint density at radius 3 is 2.81 bits per heavy atom. The number of halogens is 2. The van der Waals surface area contributed by atoms with E-state index in [1.54, 1.807) is 17.0 Å². The van der Waals surface area contributed by atoms with E-state index in [4.69, 9.17) is 16.3 Å². The van der Waals surface area contributed by atoms with E-state index >= 15 is 0 Å². The molecule has 0 saturated carbocycles. The number of fused-ring (bicyclic) bond motifs is 1. The van der Waals surface area contributed by atoms with E-state index in [2.05, 4.69) is 5.32 Å². The van der Waals surface area contributed by atoms with E-state index in [0.29, 0.717) is 18.8 Å². The van der Waals surface area contributed by atoms with Crippen molar-refractivity contribution in [2.24, 2.45) is 0 Å². The van der Waals surface area contributed by atoms with Crippen LogP contribution >= 0.6 is 11.6 Å². The number of carbonyl (C=O) groups excluding carboxylic acids is 2. The molecule has 1 saturated heterocycles. The summed E-state index contributed by atoms with van der Waals surface area (Å²) in [5, 5.41) is 2.81. The molecule has 0 bridgehead atoms. The Bertz CT molecular complexity index is 912. The van der Waals surface area contributed by atoms with Gasteiger partial charge in [0.15, 0.2) is 0 Å². The molecule has 2 heterocycles. The van der Waals surface area contributed by atoms with E-state index in [0.717, 1.165) is 36.6 Å². The fraction of sp³-hybridized carbons (Fsp3) is 0.300. The number of nitrogens with one attached hydrogen (secondary N) is 1. The molecule has 1 fully saturated rings. The number of ether oxygens (including phenoxy) is 1. The third kappa shape index (κ3) is 3.55. The number of rotatable bonds is 3. The second-order valence-electron chi connectivity index (χ2n) is 6.66. The lowest BCUT2D eigenvalue weighted by molar-refractivity contribution is -0.127. The highest BCUT2D eigenvalue weighted by Crippen LogP contribution is 2.33. The van der Waals surface area contributed by atoms with Crippen LogP contribution in [0.2, 0.25) is 5.02 Å². The van der Waals surface area contributed by atoms with Gasteiger partial charge in [-0.25, -0.2) is 4.39 Å². The molecule has 2 aliphatic heterocycles. The van der Waals surface area contributed by atoms with Gasteiger partial charge in [0.25, 0.3) is 11.8 Å². The molecule has 0 radical (unpaired) electrons. The minimum Gasteiger partial charge on any atom is -0.368 e. The molecule has 0 spiro atoms. The summed E-state index contributed by atoms with van der Waals surface area (Å²) in [4.78, 5) is 26.9. The molecule has 2 aromatic rings. The maximum atomic E-state index is 13.2. The van der Waals surface area contributed by atoms with E-state index < -0.39 is 11.7 Å². The van der Waals surface area contributed by atoms with Crippen LogP contribution < -0.4 is 10.2 Å². The number of benzene rings is 2. The predicted octanol–water partition coefficient (Wildman–Crippen LogP) is 3.80. The number of amides is 2. The molecule has 1 atom stereocenters. The fourth-order valence-corrected chi connectivity index (χ4v) is 3.76. The molecule has 0 aliphatic carbocycles. The summed E-state index contributed by atoms with van der Waals surface area (Å²) in [6, 6.07) is 9.10. The van der Waals surface area contributed by atoms with Gasteiger partial charge in [0.1, 0.15) is 11.9 Å². The van der Waals surface area contributed by atoms with Crippen molar-refractivity contribution < 1.29 is 18.7 Å². The minimum atomic E-state index is -0.502. The molecule has 7 heteroatoms. The normalized spacial score (nSPS) is 18.4. The van der Waals surface area contributed by atoms with E-state index in [1.165, 1.54) is 12.1 Å². The van der Waals surface area contributed by atoms with E-state index in [1.807, 2.05) is 6.07 Å². The van der Waals surface area contributed by atoms with Crippen LogP contribution in [0, 0.1) is 5.82 Å². The molecular weight excluding hydrogens is 371 g/mol. The van der Waals surface area contributed by atoms with Crippen molar-refractivity contribution in [3.63, 3.8) is 0 Å². The van der Waals surface area contributed by atoms with E-state index in [-0.39, 0.29) is 22.6 Å². The SMILES string of the molecule is O=C(Nc1ccc2c(c1)N(C(=O)[C@H]1CCCO1)CC2)c1ccc(F)cc1Cl. The molecule has 140 valence electrons. The van der Waals surface area contributed by atoms with Crippen LogP contribution in [-0.2, 0) is 16.0 Å². The summed E-state index contributed by atoms with van der Waals surface area (Å²) in [5.41, 5.74) is 2.58. The maximum absolute atomic E-state index is 13.2. The largest absolute Gasteiger partial charge is 0.368 e. The first kappa shape index (κ1) is 17.9. The Hall–Kier alpha value is -2.44. The minimum absolute atomic E-state index is 0.0312. The lowest BCUT2D eigenvalue weighted by Gasteiger charge is -2.21. The van der Waals surface area contributed by atoms with Crippen LogP contribution in [0.4, 0.5) is 15.8 Å². The highest BCUT2D eigenvalue weighted by atomic mass is 35.5. The molecule has 0 aromatic heterocycles. The summed E-state index contributed by atoms with van der Waals surface area (Å²) in [7, 11) is 0. The van der Waals surface area contributed by atoms with Gasteiger partial charge in [0, 0.05) is 24.5 Å². The van der Waals surface area contributed by atoms with Gasteiger partial charge in [0.05, 0.1) is 10.6 Å². The smallest absolute Gasteiger partial charge is 0.257 e. The van der Waals surface area contributed by atoms with Crippen molar-refractivity contribution in [1.29, 1.82) is 0 Å². The summed E-state index contributed by atoms with van der Waals surface area (Å²) in [6.07, 6.45) is 2.02. The van der Waals surface area contributed by atoms with Crippen molar-refractivity contribution >= 4 is 34.8 Å². The number of anilines is 2. The first-order chi connectivity index (χ1) is 13.0. The lowest BCUT2D eigenvalue weighted by atomic mass is 10.1. The third-order valence-electron chi connectivity index (χ3n) is 4.89. The average Bonchev–Trinajstić information content (AvgIpc) is 3.31. The number of carbonyl (C=O) groups is 2. The summed E-state index contributed by atoms with van der Waals surface area (Å²) in [6.45, 7) is 1.22. The first-order valence-electron chi connectivity index (χ1n) is 8.85. The fourth-order valence-electron chi connectivity index (χ4n) is 3.50. The zero-order valence-electron chi connectivity index (χ0n) is 14.5. The molecule has 2 aliphatic rings. The molecular formula is C20H18ClFN2O3. The molecule has 27 heavy (non-hydrogen) atoms. The highest BCUT2D eigenvalue weighted by molar-refractivity contribution is 6.34. The molecule has 5 nitrogen and oxygen atoms in total. The third-order valence-corrected chi connectivity index (χ3v) is 5.20. The van der Waals surface area contributed by atoms with Gasteiger partial charge < -0.3 is 15.0 Å². The van der Waals surface area contributed by atoms with Crippen LogP contribution in [0.25, 0.3) is 0 Å². The van der Waals surface area contributed by atoms with Gasteiger partial charge in [-0.05, 0) is 55.2 Å². The summed E-state index contributed by atoms with van der Waals surface area (Å²) < 4.78 is 18.7. The summed E-state index contributed by atoms with van der Waals surface area (Å²) in [5.74, 6) is -0.969. The van der Waals surface area contributed by atoms with Crippen LogP contribution in [-0.4, -0.2) is 31.1 Å². The number of hydrogen-bond acceptors (Lipinski definition) is 3. The molecule has 2 aromatic carbocycles. The molecule has 1 N–H and O–H groups in total. The van der Waals surface area contributed by atoms with Crippen molar-refractivity contribution in [2.75, 3.05) is 23.4 Å². The van der Waals surface area contributed by atoms with Gasteiger partial charge in [-0.15, -0.1) is 0 Å². The Labute approximate surface area is 161 Å². The molecule has 4 rings (SSSR count). The standard InChI is InChI=1S/C20H18ClFN2O3/c21-16-10-13(22)4-6-15(16)19(25)23-14-5-3-12-7-8-24(17(12)11-14)20(26)18-2-1-9-27-18/h3-6,10-11,18H,1-2,7-9H2,(H,23,25)/t18-/m1/s1. The van der Waals surface area contributed by atoms with Gasteiger partial charge in [-0.3, -0.25) is 9.59 Å². The van der Waals surface area contributed by atoms with Crippen molar-refractivity contribution in [2.45, 2.75) is 25.4 Å². The second-order valence-corrected chi connectivity index (χ2v) is 7.07. The van der Waals surface area contributed by atoms with Crippen LogP contribution in [0.1, 0.15) is 28.8 Å². The van der Waals surface area contributed by atoms with Crippen LogP contribution in [0.3, 0.4) is 0 Å². The Morgan fingerprint density at radius 2 is 2.07 bits per heavy atom. The quantitative estimate of drug-likeness (QED) is 0.870. The number of hydrogen-bond donors (Lipinski definition) is 1. The Morgan fingerprint density at radius 1 is 1.22 bits per heavy atom. The lowest BCUT2D eigenvalue weighted by Crippen LogP contribution is -2.37. The summed E-state index contributed by atoms with van der Waals surface area (Å²) >= 11 is 5.95. The average molecular weight is 389 g/mol. The van der Waals surface area contributed by atoms with Gasteiger partial charge in [-0.2, -0.15) is 0 Å². The predicted molar refractivity (Wildman–Crippen MR) is 101 cm³/mol. The number of nitrogens with zero attached hydrogens (tertiary/aromatic N) is 1. The van der Waals surface area contributed by atoms with Crippen LogP contribution in [0.15, 0.2) is 36.4 Å². The molecule has 2 amide bonds. The highest BCUT2D eigenvalue weighted by Gasteiger charge is 2.32. The van der Waals surface area contributed by atoms with Crippen LogP contribution in [0.5, 0.6) is 0 Å². The molecule has 0 unspecified atom stereocenters. The zero-order chi connectivity index (χ0) is 19.0. The zero-order valence-corrected chi connectivity index (χ0v) is 15.3. The first-order valence-corrected chi connectivity index (χ1v) is 9.23. The monoisotopic (exact) mass is 388 g/mol. The Balaban J connectivity index is 1.54. The van der Waals surface area contributed by atoms with Crippen molar-refractivity contribution in [3.05, 3.63) is 58.4 Å². The van der Waals surface area contributed by atoms with Gasteiger partial charge >= 0.3 is 0 Å². The Kier molecular flexibility index (Phi) is 4.85. The second kappa shape index (κ2) is 7.29.